The Kier molecular flexibility index (Phi) is 11.0. The summed E-state index contributed by atoms with van der Waals surface area (Å²) in [5.41, 5.74) is 0.882. The van der Waals surface area contributed by atoms with Crippen molar-refractivity contribution in [3.63, 3.8) is 0 Å². The molecule has 0 spiro atoms. The van der Waals surface area contributed by atoms with Gasteiger partial charge in [0.2, 0.25) is 17.8 Å². The van der Waals surface area contributed by atoms with Crippen molar-refractivity contribution in [2.24, 2.45) is 0 Å². The van der Waals surface area contributed by atoms with Crippen molar-refractivity contribution in [3.05, 3.63) is 58.0 Å². The molecule has 2 aromatic heterocycles. The van der Waals surface area contributed by atoms with E-state index in [0.717, 1.165) is 83.1 Å². The van der Waals surface area contributed by atoms with Gasteiger partial charge in [-0.2, -0.15) is 4.98 Å². The first-order chi connectivity index (χ1) is 24.7. The Morgan fingerprint density at radius 1 is 0.922 bits per heavy atom. The third-order valence-corrected chi connectivity index (χ3v) is 12.3. The fraction of sp³-hybridized carbons (Fsp3) is 0.571. The van der Waals surface area contributed by atoms with Crippen molar-refractivity contribution in [1.29, 1.82) is 0 Å². The minimum absolute atomic E-state index is 0.0780. The number of piperidine rings is 3. The number of H-pyrrole nitrogens is 1. The lowest BCUT2D eigenvalue weighted by molar-refractivity contribution is -0.134. The van der Waals surface area contributed by atoms with Gasteiger partial charge in [-0.25, -0.2) is 22.3 Å². The van der Waals surface area contributed by atoms with Crippen LogP contribution in [0.1, 0.15) is 62.0 Å². The number of fused-ring (bicyclic) bond motifs is 1. The van der Waals surface area contributed by atoms with Crippen LogP contribution in [0.5, 0.6) is 0 Å². The van der Waals surface area contributed by atoms with E-state index in [1.54, 1.807) is 0 Å². The molecule has 2 amide bonds. The molecule has 1 aromatic carbocycles. The van der Waals surface area contributed by atoms with Crippen molar-refractivity contribution in [2.75, 3.05) is 74.9 Å². The van der Waals surface area contributed by atoms with Gasteiger partial charge in [-0.1, -0.05) is 12.1 Å². The van der Waals surface area contributed by atoms with Gasteiger partial charge in [0.15, 0.2) is 0 Å². The zero-order valence-electron chi connectivity index (χ0n) is 28.6. The van der Waals surface area contributed by atoms with Crippen molar-refractivity contribution < 1.29 is 22.6 Å². The van der Waals surface area contributed by atoms with E-state index in [2.05, 4.69) is 52.4 Å². The fourth-order valence-corrected chi connectivity index (χ4v) is 9.04. The monoisotopic (exact) mass is 725 g/mol. The van der Waals surface area contributed by atoms with Crippen LogP contribution >= 0.6 is 0 Å². The van der Waals surface area contributed by atoms with Crippen LogP contribution in [0, 0.1) is 0 Å². The molecule has 4 saturated heterocycles. The SMILES string of the molecule is O=C1CCC(c2ccc(N3CCN(C4CCN(CCS(=O)N5CCC(Nc6ncc7cc(C(F)F)c(=O)[nH]c7n6)CC5)CC4)CC3)cc2)C(=O)N1. The highest BCUT2D eigenvalue weighted by Crippen LogP contribution is 2.28. The van der Waals surface area contributed by atoms with Gasteiger partial charge in [-0.15, -0.1) is 0 Å². The lowest BCUT2D eigenvalue weighted by atomic mass is 9.90. The molecular formula is C35H45F2N9O4S. The van der Waals surface area contributed by atoms with Crippen LogP contribution in [0.25, 0.3) is 11.0 Å². The number of aromatic nitrogens is 3. The first-order valence-electron chi connectivity index (χ1n) is 17.9. The number of rotatable bonds is 10. The second-order valence-electron chi connectivity index (χ2n) is 13.9. The van der Waals surface area contributed by atoms with Crippen LogP contribution in [0.3, 0.4) is 0 Å². The van der Waals surface area contributed by atoms with Gasteiger partial charge in [-0.05, 0) is 69.0 Å². The summed E-state index contributed by atoms with van der Waals surface area (Å²) in [5.74, 6) is 0.293. The van der Waals surface area contributed by atoms with Crippen LogP contribution in [0.2, 0.25) is 0 Å². The Balaban J connectivity index is 0.793. The average Bonchev–Trinajstić information content (AvgIpc) is 3.14. The summed E-state index contributed by atoms with van der Waals surface area (Å²) in [6.07, 6.45) is 3.26. The van der Waals surface area contributed by atoms with Gasteiger partial charge in [0.05, 0.1) is 28.2 Å². The van der Waals surface area contributed by atoms with Gasteiger partial charge in [0.1, 0.15) is 5.65 Å². The molecule has 7 rings (SSSR count). The Labute approximate surface area is 297 Å². The van der Waals surface area contributed by atoms with Crippen molar-refractivity contribution in [3.8, 4) is 0 Å². The molecular weight excluding hydrogens is 681 g/mol. The van der Waals surface area contributed by atoms with E-state index in [-0.39, 0.29) is 29.4 Å². The number of halogens is 2. The third kappa shape index (κ3) is 8.45. The molecule has 2 atom stereocenters. The lowest BCUT2D eigenvalue weighted by Crippen LogP contribution is -2.53. The summed E-state index contributed by atoms with van der Waals surface area (Å²) < 4.78 is 41.3. The van der Waals surface area contributed by atoms with Crippen molar-refractivity contribution in [2.45, 2.75) is 63.0 Å². The molecule has 0 aliphatic carbocycles. The summed E-state index contributed by atoms with van der Waals surface area (Å²) in [5, 5.41) is 6.07. The second kappa shape index (κ2) is 15.8. The van der Waals surface area contributed by atoms with Gasteiger partial charge < -0.3 is 20.1 Å². The van der Waals surface area contributed by atoms with E-state index in [4.69, 9.17) is 0 Å². The Bertz CT molecular complexity index is 1790. The highest BCUT2D eigenvalue weighted by molar-refractivity contribution is 7.82. The largest absolute Gasteiger partial charge is 0.369 e. The van der Waals surface area contributed by atoms with Gasteiger partial charge >= 0.3 is 0 Å². The number of carbonyl (C=O) groups is 2. The van der Waals surface area contributed by atoms with E-state index in [9.17, 15) is 27.4 Å². The van der Waals surface area contributed by atoms with Crippen molar-refractivity contribution >= 4 is 45.5 Å². The number of piperazine rings is 1. The van der Waals surface area contributed by atoms with E-state index in [0.29, 0.717) is 49.1 Å². The summed E-state index contributed by atoms with van der Waals surface area (Å²) in [6, 6.07) is 10.0. The topological polar surface area (TPSA) is 147 Å². The maximum absolute atomic E-state index is 13.2. The summed E-state index contributed by atoms with van der Waals surface area (Å²) >= 11 is 0. The number of hydrogen-bond donors (Lipinski definition) is 3. The molecule has 6 heterocycles. The fourth-order valence-electron chi connectivity index (χ4n) is 7.75. The Hall–Kier alpha value is -3.86. The number of benzene rings is 1. The molecule has 3 N–H and O–H groups in total. The average molecular weight is 726 g/mol. The molecule has 4 aliphatic rings. The Morgan fingerprint density at radius 2 is 1.65 bits per heavy atom. The van der Waals surface area contributed by atoms with Gasteiger partial charge in [0, 0.05) is 81.6 Å². The second-order valence-corrected chi connectivity index (χ2v) is 15.5. The van der Waals surface area contributed by atoms with Crippen LogP contribution in [0.15, 0.2) is 41.3 Å². The first kappa shape index (κ1) is 35.5. The lowest BCUT2D eigenvalue weighted by Gasteiger charge is -2.43. The smallest absolute Gasteiger partial charge is 0.269 e. The minimum atomic E-state index is -2.87. The molecule has 3 aromatic rings. The number of imide groups is 1. The van der Waals surface area contributed by atoms with Crippen LogP contribution in [0.4, 0.5) is 20.4 Å². The highest BCUT2D eigenvalue weighted by Gasteiger charge is 2.30. The van der Waals surface area contributed by atoms with E-state index in [1.807, 2.05) is 16.4 Å². The number of nitrogens with one attached hydrogen (secondary N) is 3. The number of likely N-dealkylation sites (tertiary alicyclic amines) is 1. The number of aromatic amines is 1. The number of alkyl halides is 2. The molecule has 0 bridgehead atoms. The summed E-state index contributed by atoms with van der Waals surface area (Å²) in [6.45, 7) is 8.16. The van der Waals surface area contributed by atoms with E-state index in [1.165, 1.54) is 11.9 Å². The van der Waals surface area contributed by atoms with Gasteiger partial charge in [0.25, 0.3) is 12.0 Å². The number of pyridine rings is 1. The first-order valence-corrected chi connectivity index (χ1v) is 19.2. The summed E-state index contributed by atoms with van der Waals surface area (Å²) in [7, 11) is -1.06. The standard InChI is InChI=1S/C35H45F2N9O4S/c36-31(37)29-21-24-22-38-35(42-32(24)41-34(29)49)39-25-7-13-46(14-8-25)51(50)20-19-43-11-9-27(10-12-43)45-17-15-44(16-18-45)26-3-1-23(2-4-26)28-5-6-30(47)40-33(28)48/h1-4,21-22,25,27-28,31H,5-20H2,(H,40,47,48)(H2,38,39,41,42,49). The van der Waals surface area contributed by atoms with Crippen molar-refractivity contribution in [1.82, 2.24) is 34.4 Å². The van der Waals surface area contributed by atoms with E-state index >= 15 is 0 Å². The zero-order valence-corrected chi connectivity index (χ0v) is 29.4. The van der Waals surface area contributed by atoms with Crippen LogP contribution in [-0.4, -0.2) is 122 Å². The molecule has 0 saturated carbocycles. The van der Waals surface area contributed by atoms with Crippen LogP contribution < -0.4 is 21.1 Å². The number of anilines is 2. The van der Waals surface area contributed by atoms with Crippen LogP contribution in [-0.2, 0) is 20.6 Å². The highest BCUT2D eigenvalue weighted by atomic mass is 32.2. The molecule has 16 heteroatoms. The molecule has 0 radical (unpaired) electrons. The molecule has 4 fully saturated rings. The maximum atomic E-state index is 13.2. The quantitative estimate of drug-likeness (QED) is 0.267. The Morgan fingerprint density at radius 3 is 2.33 bits per heavy atom. The molecule has 2 unspecified atom stereocenters. The summed E-state index contributed by atoms with van der Waals surface area (Å²) in [4.78, 5) is 54.1. The van der Waals surface area contributed by atoms with E-state index < -0.39 is 28.5 Å². The number of nitrogens with zero attached hydrogens (tertiary/aromatic N) is 6. The predicted molar refractivity (Wildman–Crippen MR) is 191 cm³/mol. The third-order valence-electron chi connectivity index (χ3n) is 10.8. The molecule has 4 aliphatic heterocycles. The normalized spacial score (nSPS) is 22.8. The predicted octanol–water partition coefficient (Wildman–Crippen LogP) is 2.60. The zero-order chi connectivity index (χ0) is 35.5. The number of hydrogen-bond acceptors (Lipinski definition) is 10. The molecule has 51 heavy (non-hydrogen) atoms. The number of amides is 2. The molecule has 13 nitrogen and oxygen atoms in total. The molecule has 274 valence electrons. The number of carbonyl (C=O) groups excluding carboxylic acids is 2. The maximum Gasteiger partial charge on any atom is 0.269 e. The minimum Gasteiger partial charge on any atom is -0.369 e. The van der Waals surface area contributed by atoms with Gasteiger partial charge in [-0.3, -0.25) is 24.6 Å².